The van der Waals surface area contributed by atoms with Crippen LogP contribution >= 0.6 is 11.3 Å². The Kier molecular flexibility index (Phi) is 12.1. The average molecular weight is 749 g/mol. The number of pyridine rings is 1. The predicted molar refractivity (Wildman–Crippen MR) is 173 cm³/mol. The maximum absolute atomic E-state index is 12.2. The second kappa shape index (κ2) is 14.2. The summed E-state index contributed by atoms with van der Waals surface area (Å²) in [4.78, 5) is 17.0. The van der Waals surface area contributed by atoms with E-state index in [0.29, 0.717) is 0 Å². The predicted octanol–water partition coefficient (Wildman–Crippen LogP) is 10.9. The molecule has 0 fully saturated rings. The molecule has 2 heterocycles. The Morgan fingerprint density at radius 3 is 2.10 bits per heavy atom. The third-order valence-electron chi connectivity index (χ3n) is 8.77. The topological polar surface area (TPSA) is 50.2 Å². The minimum Gasteiger partial charge on any atom is -0.512 e. The molecule has 1 N–H and O–H groups in total. The summed E-state index contributed by atoms with van der Waals surface area (Å²) in [5.74, 6) is 0.286. The first-order chi connectivity index (χ1) is 18.8. The molecule has 3 nitrogen and oxygen atoms in total. The Labute approximate surface area is 264 Å². The molecule has 0 bridgehead atoms. The van der Waals surface area contributed by atoms with Gasteiger partial charge in [-0.05, 0) is 48.6 Å². The van der Waals surface area contributed by atoms with Crippen molar-refractivity contribution in [1.82, 2.24) is 4.98 Å². The van der Waals surface area contributed by atoms with E-state index in [1.165, 1.54) is 21.7 Å². The van der Waals surface area contributed by atoms with Gasteiger partial charge in [-0.1, -0.05) is 97.5 Å². The van der Waals surface area contributed by atoms with Crippen molar-refractivity contribution in [3.8, 4) is 11.3 Å². The number of hydrogen-bond acceptors (Lipinski definition) is 4. The van der Waals surface area contributed by atoms with Crippen LogP contribution in [0.4, 0.5) is 0 Å². The number of aliphatic hydroxyl groups is 1. The Bertz CT molecular complexity index is 1490. The van der Waals surface area contributed by atoms with Gasteiger partial charge in [0, 0.05) is 42.7 Å². The van der Waals surface area contributed by atoms with Gasteiger partial charge >= 0.3 is 0 Å². The molecule has 2 aromatic carbocycles. The van der Waals surface area contributed by atoms with E-state index in [4.69, 9.17) is 4.98 Å². The van der Waals surface area contributed by atoms with Crippen LogP contribution in [0.15, 0.2) is 65.7 Å². The SMILES string of the molecule is CC(C)(C)c1cc(-c2ccc3sccc3n2)[c-]c2ccccc12.CCC(C)(CC)C(=O)/C=C(\O)C(C)(CC)CC.[Ir]. The van der Waals surface area contributed by atoms with E-state index in [0.717, 1.165) is 47.8 Å². The molecule has 0 saturated heterocycles. The minimum absolute atomic E-state index is 0. The van der Waals surface area contributed by atoms with Crippen molar-refractivity contribution in [3.05, 3.63) is 77.4 Å². The number of ketones is 1. The Morgan fingerprint density at radius 2 is 1.51 bits per heavy atom. The minimum atomic E-state index is -0.337. The van der Waals surface area contributed by atoms with Crippen LogP contribution in [-0.4, -0.2) is 15.9 Å². The van der Waals surface area contributed by atoms with Gasteiger partial charge in [-0.2, -0.15) is 0 Å². The van der Waals surface area contributed by atoms with Crippen molar-refractivity contribution in [2.24, 2.45) is 10.8 Å². The standard InChI is InChI=1S/C21H18NS.C15H28O2.Ir/c1-21(2,3)17-13-15(12-14-6-4-5-7-16(14)17)18-8-9-20-19(22-18)10-11-23-20;1-7-14(5,8-2)12(16)11-13(17)15(6,9-3)10-4;/h4-11,13H,1-3H3;11,16H,7-10H2,1-6H3;/q-1;;/b;12-11-;. The molecule has 0 saturated carbocycles. The Balaban J connectivity index is 0.000000296. The van der Waals surface area contributed by atoms with Gasteiger partial charge in [0.05, 0.1) is 10.2 Å². The number of nitrogens with zero attached hydrogens (tertiary/aromatic N) is 1. The zero-order chi connectivity index (χ0) is 29.7. The van der Waals surface area contributed by atoms with Gasteiger partial charge in [0.2, 0.25) is 0 Å². The average Bonchev–Trinajstić information content (AvgIpc) is 3.43. The van der Waals surface area contributed by atoms with E-state index in [2.05, 4.69) is 80.7 Å². The molecule has 1 radical (unpaired) electrons. The molecule has 4 rings (SSSR count). The van der Waals surface area contributed by atoms with Crippen LogP contribution in [0.3, 0.4) is 0 Å². The monoisotopic (exact) mass is 749 g/mol. The molecule has 0 amide bonds. The van der Waals surface area contributed by atoms with Gasteiger partial charge < -0.3 is 5.11 Å². The zero-order valence-electron chi connectivity index (χ0n) is 26.1. The number of carbonyl (C=O) groups excluding carboxylic acids is 1. The number of rotatable bonds is 8. The largest absolute Gasteiger partial charge is 0.512 e. The van der Waals surface area contributed by atoms with Gasteiger partial charge in [-0.15, -0.1) is 40.5 Å². The molecule has 5 heteroatoms. The summed E-state index contributed by atoms with van der Waals surface area (Å²) in [6.45, 7) is 18.9. The molecule has 4 aromatic rings. The molecule has 41 heavy (non-hydrogen) atoms. The number of thiophene rings is 1. The van der Waals surface area contributed by atoms with E-state index in [1.807, 2.05) is 41.5 Å². The van der Waals surface area contributed by atoms with Gasteiger partial charge in [0.15, 0.2) is 5.78 Å². The van der Waals surface area contributed by atoms with Crippen LogP contribution in [0.2, 0.25) is 0 Å². The van der Waals surface area contributed by atoms with Crippen LogP contribution < -0.4 is 0 Å². The van der Waals surface area contributed by atoms with Gasteiger partial charge in [0.1, 0.15) is 5.76 Å². The molecule has 0 aliphatic rings. The number of hydrogen-bond donors (Lipinski definition) is 1. The summed E-state index contributed by atoms with van der Waals surface area (Å²) >= 11 is 1.73. The van der Waals surface area contributed by atoms with Gasteiger partial charge in [-0.25, -0.2) is 0 Å². The van der Waals surface area contributed by atoms with E-state index >= 15 is 0 Å². The quantitative estimate of drug-likeness (QED) is 0.111. The number of fused-ring (bicyclic) bond motifs is 2. The maximum Gasteiger partial charge on any atom is 0.164 e. The van der Waals surface area contributed by atoms with Crippen molar-refractivity contribution in [3.63, 3.8) is 0 Å². The van der Waals surface area contributed by atoms with Crippen molar-refractivity contribution >= 4 is 38.1 Å². The van der Waals surface area contributed by atoms with E-state index in [9.17, 15) is 9.90 Å². The molecular formula is C36H46IrNO2S-. The third-order valence-corrected chi connectivity index (χ3v) is 9.64. The van der Waals surface area contributed by atoms with E-state index in [-0.39, 0.29) is 47.9 Å². The fourth-order valence-electron chi connectivity index (χ4n) is 4.68. The first kappa shape index (κ1) is 34.9. The van der Waals surface area contributed by atoms with Crippen molar-refractivity contribution in [2.75, 3.05) is 0 Å². The third kappa shape index (κ3) is 7.94. The fraction of sp³-hybridized carbons (Fsp3) is 0.444. The summed E-state index contributed by atoms with van der Waals surface area (Å²) in [5, 5.41) is 14.7. The van der Waals surface area contributed by atoms with Crippen LogP contribution in [0.1, 0.15) is 93.6 Å². The van der Waals surface area contributed by atoms with Crippen LogP contribution in [-0.2, 0) is 30.3 Å². The van der Waals surface area contributed by atoms with Crippen LogP contribution in [0.25, 0.3) is 32.2 Å². The van der Waals surface area contributed by atoms with E-state index < -0.39 is 0 Å². The van der Waals surface area contributed by atoms with Crippen molar-refractivity contribution in [1.29, 1.82) is 0 Å². The number of allylic oxidation sites excluding steroid dienone is 2. The van der Waals surface area contributed by atoms with Crippen molar-refractivity contribution < 1.29 is 30.0 Å². The summed E-state index contributed by atoms with van der Waals surface area (Å²) in [6.07, 6.45) is 4.75. The van der Waals surface area contributed by atoms with Crippen molar-refractivity contribution in [2.45, 2.75) is 93.4 Å². The van der Waals surface area contributed by atoms with Gasteiger partial charge in [0.25, 0.3) is 0 Å². The number of carbonyl (C=O) groups is 1. The first-order valence-electron chi connectivity index (χ1n) is 14.6. The number of benzene rings is 2. The van der Waals surface area contributed by atoms with Gasteiger partial charge in [-0.3, -0.25) is 9.78 Å². The molecule has 223 valence electrons. The molecule has 0 aliphatic carbocycles. The normalized spacial score (nSPS) is 12.6. The summed E-state index contributed by atoms with van der Waals surface area (Å²) in [7, 11) is 0. The number of aliphatic hydroxyl groups excluding tert-OH is 1. The molecule has 0 aliphatic heterocycles. The summed E-state index contributed by atoms with van der Waals surface area (Å²) in [6, 6.07) is 20.6. The summed E-state index contributed by atoms with van der Waals surface area (Å²) in [5.41, 5.74) is 3.94. The number of aromatic nitrogens is 1. The van der Waals surface area contributed by atoms with E-state index in [1.54, 1.807) is 11.3 Å². The Morgan fingerprint density at radius 1 is 0.902 bits per heavy atom. The second-order valence-electron chi connectivity index (χ2n) is 12.3. The van der Waals surface area contributed by atoms with Crippen LogP contribution in [0.5, 0.6) is 0 Å². The molecule has 0 spiro atoms. The summed E-state index contributed by atoms with van der Waals surface area (Å²) < 4.78 is 1.23. The fourth-order valence-corrected chi connectivity index (χ4v) is 5.40. The molecule has 0 atom stereocenters. The second-order valence-corrected chi connectivity index (χ2v) is 13.3. The Hall–Kier alpha value is -2.33. The molecule has 2 aromatic heterocycles. The van der Waals surface area contributed by atoms with Crippen LogP contribution in [0, 0.1) is 16.9 Å². The smallest absolute Gasteiger partial charge is 0.164 e. The first-order valence-corrected chi connectivity index (χ1v) is 15.5. The maximum atomic E-state index is 12.2. The molecular weight excluding hydrogens is 703 g/mol. The molecule has 0 unspecified atom stereocenters. The zero-order valence-corrected chi connectivity index (χ0v) is 29.4.